The van der Waals surface area contributed by atoms with E-state index in [0.29, 0.717) is 25.9 Å². The van der Waals surface area contributed by atoms with Crippen LogP contribution in [0.3, 0.4) is 0 Å². The van der Waals surface area contributed by atoms with Crippen LogP contribution in [0.2, 0.25) is 0 Å². The molecule has 0 aromatic heterocycles. The Bertz CT molecular complexity index is 516. The molecule has 1 heterocycles. The molecule has 0 radical (unpaired) electrons. The van der Waals surface area contributed by atoms with Gasteiger partial charge in [-0.15, -0.1) is 24.0 Å². The fourth-order valence-electron chi connectivity index (χ4n) is 2.95. The van der Waals surface area contributed by atoms with Crippen LogP contribution in [0.25, 0.3) is 0 Å². The topological polar surface area (TPSA) is 58.1 Å². The summed E-state index contributed by atoms with van der Waals surface area (Å²) in [7, 11) is 1.81. The second kappa shape index (κ2) is 14.9. The maximum atomic E-state index is 5.58. The second-order valence-corrected chi connectivity index (χ2v) is 6.49. The number of aliphatic imine (C=N–C) groups is 1. The molecule has 2 N–H and O–H groups in total. The number of nitrogens with zero attached hydrogens (tertiary/aromatic N) is 2. The second-order valence-electron chi connectivity index (χ2n) is 6.49. The molecule has 1 fully saturated rings. The average molecular weight is 490 g/mol. The molecule has 1 atom stereocenters. The normalized spacial score (nSPS) is 16.9. The largest absolute Gasteiger partial charge is 0.379 e. The van der Waals surface area contributed by atoms with E-state index in [4.69, 9.17) is 9.47 Å². The fraction of sp³-hybridized carbons (Fsp3) is 0.650. The third kappa shape index (κ3) is 9.62. The minimum Gasteiger partial charge on any atom is -0.379 e. The monoisotopic (exact) mass is 490 g/mol. The van der Waals surface area contributed by atoms with E-state index in [2.05, 4.69) is 57.8 Å². The zero-order valence-electron chi connectivity index (χ0n) is 16.7. The maximum absolute atomic E-state index is 5.58. The van der Waals surface area contributed by atoms with Crippen molar-refractivity contribution >= 4 is 35.6 Å². The molecule has 0 spiro atoms. The third-order valence-electron chi connectivity index (χ3n) is 4.43. The molecule has 0 saturated carbocycles. The standard InChI is InChI=1S/C20H34N4O2.HI/c1-3-4-13-25-15-16-26-14-11-22-20(21-2)23-18-10-12-24(17-18)19-8-6-5-7-9-19;/h5-9,18H,3-4,10-17H2,1-2H3,(H2,21,22,23);1H. The number of para-hydroxylation sites is 1. The summed E-state index contributed by atoms with van der Waals surface area (Å²) in [5.74, 6) is 0.840. The number of halogens is 1. The highest BCUT2D eigenvalue weighted by Crippen LogP contribution is 2.19. The molecule has 154 valence electrons. The molecular formula is C20H35IN4O2. The van der Waals surface area contributed by atoms with Crippen LogP contribution in [0, 0.1) is 0 Å². The number of nitrogens with one attached hydrogen (secondary N) is 2. The van der Waals surface area contributed by atoms with Gasteiger partial charge in [0.15, 0.2) is 5.96 Å². The van der Waals surface area contributed by atoms with E-state index in [1.807, 2.05) is 7.05 Å². The van der Waals surface area contributed by atoms with Crippen LogP contribution in [0.5, 0.6) is 0 Å². The number of anilines is 1. The van der Waals surface area contributed by atoms with Crippen molar-refractivity contribution in [2.24, 2.45) is 4.99 Å². The van der Waals surface area contributed by atoms with Gasteiger partial charge in [-0.1, -0.05) is 31.5 Å². The lowest BCUT2D eigenvalue weighted by Gasteiger charge is -2.20. The number of benzene rings is 1. The average Bonchev–Trinajstić information content (AvgIpc) is 3.15. The molecule has 0 aliphatic carbocycles. The van der Waals surface area contributed by atoms with Crippen LogP contribution in [-0.2, 0) is 9.47 Å². The molecule has 1 unspecified atom stereocenters. The van der Waals surface area contributed by atoms with Crippen molar-refractivity contribution in [1.29, 1.82) is 0 Å². The van der Waals surface area contributed by atoms with E-state index in [1.165, 1.54) is 12.1 Å². The molecule has 0 bridgehead atoms. The number of hydrogen-bond donors (Lipinski definition) is 2. The quantitative estimate of drug-likeness (QED) is 0.216. The summed E-state index contributed by atoms with van der Waals surface area (Å²) in [5.41, 5.74) is 1.29. The summed E-state index contributed by atoms with van der Waals surface area (Å²) >= 11 is 0. The minimum atomic E-state index is 0. The molecule has 1 aromatic carbocycles. The van der Waals surface area contributed by atoms with Gasteiger partial charge < -0.3 is 25.0 Å². The lowest BCUT2D eigenvalue weighted by molar-refractivity contribution is 0.0487. The molecule has 6 nitrogen and oxygen atoms in total. The van der Waals surface area contributed by atoms with Crippen molar-refractivity contribution in [3.05, 3.63) is 30.3 Å². The van der Waals surface area contributed by atoms with Gasteiger partial charge in [-0.2, -0.15) is 0 Å². The molecule has 7 heteroatoms. The summed E-state index contributed by atoms with van der Waals surface area (Å²) in [6, 6.07) is 11.0. The van der Waals surface area contributed by atoms with Crippen LogP contribution < -0.4 is 15.5 Å². The zero-order chi connectivity index (χ0) is 18.5. The molecular weight excluding hydrogens is 455 g/mol. The van der Waals surface area contributed by atoms with Crippen LogP contribution >= 0.6 is 24.0 Å². The lowest BCUT2D eigenvalue weighted by Crippen LogP contribution is -2.45. The summed E-state index contributed by atoms with van der Waals surface area (Å²) in [6.07, 6.45) is 3.40. The van der Waals surface area contributed by atoms with Gasteiger partial charge in [-0.05, 0) is 25.0 Å². The van der Waals surface area contributed by atoms with Gasteiger partial charge >= 0.3 is 0 Å². The first-order chi connectivity index (χ1) is 12.8. The Labute approximate surface area is 181 Å². The fourth-order valence-corrected chi connectivity index (χ4v) is 2.95. The van der Waals surface area contributed by atoms with Crippen molar-refractivity contribution in [2.75, 3.05) is 58.0 Å². The van der Waals surface area contributed by atoms with Crippen molar-refractivity contribution in [2.45, 2.75) is 32.2 Å². The molecule has 0 amide bonds. The van der Waals surface area contributed by atoms with Gasteiger partial charge in [-0.25, -0.2) is 0 Å². The van der Waals surface area contributed by atoms with Crippen molar-refractivity contribution in [3.8, 4) is 0 Å². The first-order valence-electron chi connectivity index (χ1n) is 9.76. The van der Waals surface area contributed by atoms with Crippen LogP contribution in [0.1, 0.15) is 26.2 Å². The number of rotatable bonds is 11. The van der Waals surface area contributed by atoms with Gasteiger partial charge in [0.2, 0.25) is 0 Å². The Morgan fingerprint density at radius 1 is 1.15 bits per heavy atom. The first-order valence-corrected chi connectivity index (χ1v) is 9.76. The Morgan fingerprint density at radius 2 is 1.89 bits per heavy atom. The van der Waals surface area contributed by atoms with Gasteiger partial charge in [0.1, 0.15) is 0 Å². The van der Waals surface area contributed by atoms with Crippen molar-refractivity contribution < 1.29 is 9.47 Å². The molecule has 27 heavy (non-hydrogen) atoms. The van der Waals surface area contributed by atoms with Gasteiger partial charge in [0.25, 0.3) is 0 Å². The van der Waals surface area contributed by atoms with E-state index >= 15 is 0 Å². The predicted octanol–water partition coefficient (Wildman–Crippen LogP) is 2.88. The van der Waals surface area contributed by atoms with Crippen LogP contribution in [0.15, 0.2) is 35.3 Å². The smallest absolute Gasteiger partial charge is 0.191 e. The first kappa shape index (κ1) is 24.0. The predicted molar refractivity (Wildman–Crippen MR) is 124 cm³/mol. The highest BCUT2D eigenvalue weighted by molar-refractivity contribution is 14.0. The van der Waals surface area contributed by atoms with E-state index in [0.717, 1.165) is 45.0 Å². The van der Waals surface area contributed by atoms with E-state index < -0.39 is 0 Å². The Balaban J connectivity index is 0.00000364. The summed E-state index contributed by atoms with van der Waals surface area (Å²) in [4.78, 5) is 6.72. The maximum Gasteiger partial charge on any atom is 0.191 e. The molecule has 1 saturated heterocycles. The number of hydrogen-bond acceptors (Lipinski definition) is 4. The lowest BCUT2D eigenvalue weighted by atomic mass is 10.3. The number of unbranched alkanes of at least 4 members (excludes halogenated alkanes) is 1. The molecule has 1 aliphatic heterocycles. The van der Waals surface area contributed by atoms with Gasteiger partial charge in [-0.3, -0.25) is 4.99 Å². The molecule has 2 rings (SSSR count). The highest BCUT2D eigenvalue weighted by Gasteiger charge is 2.23. The van der Waals surface area contributed by atoms with Gasteiger partial charge in [0, 0.05) is 45.0 Å². The van der Waals surface area contributed by atoms with Crippen molar-refractivity contribution in [3.63, 3.8) is 0 Å². The summed E-state index contributed by atoms with van der Waals surface area (Å²) in [6.45, 7) is 7.77. The van der Waals surface area contributed by atoms with Gasteiger partial charge in [0.05, 0.1) is 19.8 Å². The van der Waals surface area contributed by atoms with Crippen molar-refractivity contribution in [1.82, 2.24) is 10.6 Å². The number of ether oxygens (including phenoxy) is 2. The molecule has 1 aromatic rings. The summed E-state index contributed by atoms with van der Waals surface area (Å²) < 4.78 is 11.0. The Hall–Kier alpha value is -1.06. The Kier molecular flexibility index (Phi) is 13.3. The number of guanidine groups is 1. The van der Waals surface area contributed by atoms with Crippen LogP contribution in [0.4, 0.5) is 5.69 Å². The Morgan fingerprint density at radius 3 is 2.59 bits per heavy atom. The van der Waals surface area contributed by atoms with E-state index in [-0.39, 0.29) is 24.0 Å². The zero-order valence-corrected chi connectivity index (χ0v) is 19.0. The summed E-state index contributed by atoms with van der Waals surface area (Å²) in [5, 5.41) is 6.82. The third-order valence-corrected chi connectivity index (χ3v) is 4.43. The highest BCUT2D eigenvalue weighted by atomic mass is 127. The SMILES string of the molecule is CCCCOCCOCCNC(=NC)NC1CCN(c2ccccc2)C1.I. The van der Waals surface area contributed by atoms with Crippen LogP contribution in [-0.4, -0.2) is 65.1 Å². The molecule has 1 aliphatic rings. The van der Waals surface area contributed by atoms with E-state index in [9.17, 15) is 0 Å². The van der Waals surface area contributed by atoms with E-state index in [1.54, 1.807) is 0 Å². The minimum absolute atomic E-state index is 0.